The Morgan fingerprint density at radius 1 is 1.50 bits per heavy atom. The van der Waals surface area contributed by atoms with Crippen molar-refractivity contribution in [2.45, 2.75) is 17.8 Å². The molecule has 0 aromatic carbocycles. The van der Waals surface area contributed by atoms with Gasteiger partial charge in [-0.3, -0.25) is 0 Å². The van der Waals surface area contributed by atoms with Crippen molar-refractivity contribution in [1.29, 1.82) is 0 Å². The molecular formula is C3H7Sn. The van der Waals surface area contributed by atoms with Crippen LogP contribution in [0.15, 0.2) is 0 Å². The first kappa shape index (κ1) is 4.80. The molecule has 4 heavy (non-hydrogen) atoms. The molecule has 0 saturated carbocycles. The van der Waals surface area contributed by atoms with Crippen LogP contribution in [0.1, 0.15) is 13.8 Å². The molecule has 0 aliphatic heterocycles. The van der Waals surface area contributed by atoms with Crippen molar-refractivity contribution in [3.05, 3.63) is 0 Å². The van der Waals surface area contributed by atoms with Crippen LogP contribution in [0.4, 0.5) is 0 Å². The summed E-state index contributed by atoms with van der Waals surface area (Å²) >= 11 is 1.64. The summed E-state index contributed by atoms with van der Waals surface area (Å²) in [5, 5.41) is 0. The molecule has 0 fully saturated rings. The van der Waals surface area contributed by atoms with Gasteiger partial charge in [0, 0.05) is 0 Å². The van der Waals surface area contributed by atoms with Crippen molar-refractivity contribution < 1.29 is 0 Å². The van der Waals surface area contributed by atoms with Crippen molar-refractivity contribution in [3.8, 4) is 0 Å². The zero-order valence-electron chi connectivity index (χ0n) is 3.08. The minimum atomic E-state index is 0.923. The Labute approximate surface area is 40.7 Å². The first-order valence-corrected chi connectivity index (χ1v) is 3.09. The van der Waals surface area contributed by atoms with Crippen molar-refractivity contribution in [2.24, 2.45) is 0 Å². The molecule has 1 heteroatoms. The van der Waals surface area contributed by atoms with Crippen LogP contribution < -0.4 is 0 Å². The predicted octanol–water partition coefficient (Wildman–Crippen LogP) is 0.983. The van der Waals surface area contributed by atoms with Crippen molar-refractivity contribution in [2.75, 3.05) is 0 Å². The minimum absolute atomic E-state index is 0.923. The molecule has 0 heterocycles. The van der Waals surface area contributed by atoms with Gasteiger partial charge in [-0.15, -0.1) is 0 Å². The van der Waals surface area contributed by atoms with E-state index in [1.54, 1.807) is 22.5 Å². The topological polar surface area (TPSA) is 0 Å². The summed E-state index contributed by atoms with van der Waals surface area (Å²) in [6.07, 6.45) is 0. The van der Waals surface area contributed by atoms with Crippen LogP contribution in [0.5, 0.6) is 0 Å². The number of hydrogen-bond donors (Lipinski definition) is 0. The van der Waals surface area contributed by atoms with E-state index in [0.717, 1.165) is 3.93 Å². The van der Waals surface area contributed by atoms with Gasteiger partial charge >= 0.3 is 40.3 Å². The maximum atomic E-state index is 2.21. The molecule has 0 nitrogen and oxygen atoms in total. The first-order valence-electron chi connectivity index (χ1n) is 1.44. The maximum absolute atomic E-state index is 2.21. The van der Waals surface area contributed by atoms with Gasteiger partial charge in [0.2, 0.25) is 0 Å². The fraction of sp³-hybridized carbons (Fsp3) is 1.00. The molecule has 0 aromatic rings. The standard InChI is InChI=1S/C3H7.Sn/c1-3-2;/h3H,1-2H3;. The van der Waals surface area contributed by atoms with Gasteiger partial charge in [-0.1, -0.05) is 0 Å². The number of rotatable bonds is 0. The molecule has 0 rings (SSSR count). The predicted molar refractivity (Wildman–Crippen MR) is 20.9 cm³/mol. The Bertz CT molecular complexity index is 8.00. The van der Waals surface area contributed by atoms with Crippen LogP contribution in [0.2, 0.25) is 3.93 Å². The van der Waals surface area contributed by atoms with Crippen molar-refractivity contribution in [1.82, 2.24) is 0 Å². The summed E-state index contributed by atoms with van der Waals surface area (Å²) in [6, 6.07) is 0. The summed E-state index contributed by atoms with van der Waals surface area (Å²) in [6.45, 7) is 4.41. The van der Waals surface area contributed by atoms with Gasteiger partial charge < -0.3 is 0 Å². The number of hydrogen-bond acceptors (Lipinski definition) is 0. The van der Waals surface area contributed by atoms with Crippen molar-refractivity contribution in [3.63, 3.8) is 0 Å². The fourth-order valence-corrected chi connectivity index (χ4v) is 0. The Morgan fingerprint density at radius 2 is 1.50 bits per heavy atom. The zero-order valence-corrected chi connectivity index (χ0v) is 5.93. The molecule has 0 amide bonds. The van der Waals surface area contributed by atoms with E-state index in [4.69, 9.17) is 0 Å². The van der Waals surface area contributed by atoms with Gasteiger partial charge in [0.25, 0.3) is 0 Å². The van der Waals surface area contributed by atoms with Crippen molar-refractivity contribution >= 4 is 22.5 Å². The van der Waals surface area contributed by atoms with E-state index in [2.05, 4.69) is 13.8 Å². The van der Waals surface area contributed by atoms with Gasteiger partial charge in [0.05, 0.1) is 0 Å². The monoisotopic (exact) mass is 163 g/mol. The Hall–Kier alpha value is 0.799. The van der Waals surface area contributed by atoms with Crippen LogP contribution in [-0.4, -0.2) is 22.5 Å². The summed E-state index contributed by atoms with van der Waals surface area (Å²) in [4.78, 5) is 0. The van der Waals surface area contributed by atoms with Gasteiger partial charge in [-0.25, -0.2) is 0 Å². The molecule has 0 aliphatic carbocycles. The molecule has 0 unspecified atom stereocenters. The van der Waals surface area contributed by atoms with Gasteiger partial charge in [0.15, 0.2) is 0 Å². The molecule has 0 spiro atoms. The molecule has 0 aromatic heterocycles. The van der Waals surface area contributed by atoms with E-state index in [1.807, 2.05) is 0 Å². The van der Waals surface area contributed by atoms with E-state index >= 15 is 0 Å². The second-order valence-electron chi connectivity index (χ2n) is 1.15. The second kappa shape index (κ2) is 2.06. The molecule has 0 bridgehead atoms. The summed E-state index contributed by atoms with van der Waals surface area (Å²) in [5.41, 5.74) is 0. The summed E-state index contributed by atoms with van der Waals surface area (Å²) < 4.78 is 0.923. The molecule has 0 aliphatic rings. The Kier molecular flexibility index (Phi) is 2.47. The third kappa shape index (κ3) is 14.2. The summed E-state index contributed by atoms with van der Waals surface area (Å²) in [5.74, 6) is 0. The van der Waals surface area contributed by atoms with E-state index < -0.39 is 0 Å². The SMILES string of the molecule is C[CH](C)[Sn]. The van der Waals surface area contributed by atoms with Gasteiger partial charge in [0.1, 0.15) is 0 Å². The Balaban J connectivity index is 2.32. The average molecular weight is 162 g/mol. The fourth-order valence-electron chi connectivity index (χ4n) is 0. The first-order chi connectivity index (χ1) is 1.73. The van der Waals surface area contributed by atoms with E-state index in [-0.39, 0.29) is 0 Å². The second-order valence-corrected chi connectivity index (χ2v) is 4.45. The average Bonchev–Trinajstić information content (AvgIpc) is 0.811. The molecule has 0 saturated heterocycles. The van der Waals surface area contributed by atoms with Crippen LogP contribution >= 0.6 is 0 Å². The van der Waals surface area contributed by atoms with Crippen LogP contribution in [0.3, 0.4) is 0 Å². The van der Waals surface area contributed by atoms with E-state index in [1.165, 1.54) is 0 Å². The molecule has 0 N–H and O–H groups in total. The van der Waals surface area contributed by atoms with Crippen LogP contribution in [-0.2, 0) is 0 Å². The van der Waals surface area contributed by atoms with E-state index in [0.29, 0.717) is 0 Å². The third-order valence-corrected chi connectivity index (χ3v) is 0. The third-order valence-electron chi connectivity index (χ3n) is 0. The van der Waals surface area contributed by atoms with Gasteiger partial charge in [-0.2, -0.15) is 0 Å². The Morgan fingerprint density at radius 3 is 1.50 bits per heavy atom. The summed E-state index contributed by atoms with van der Waals surface area (Å²) in [7, 11) is 0. The zero-order chi connectivity index (χ0) is 3.58. The quantitative estimate of drug-likeness (QED) is 0.465. The van der Waals surface area contributed by atoms with E-state index in [9.17, 15) is 0 Å². The molecule has 3 radical (unpaired) electrons. The van der Waals surface area contributed by atoms with Crippen LogP contribution in [0.25, 0.3) is 0 Å². The molecule has 23 valence electrons. The molecular weight excluding hydrogens is 155 g/mol. The normalized spacial score (nSPS) is 9.00. The van der Waals surface area contributed by atoms with Crippen LogP contribution in [0, 0.1) is 0 Å². The molecule has 0 atom stereocenters. The van der Waals surface area contributed by atoms with Gasteiger partial charge in [-0.05, 0) is 0 Å².